The molecule has 5 heteroatoms. The lowest BCUT2D eigenvalue weighted by Crippen LogP contribution is -2.46. The predicted octanol–water partition coefficient (Wildman–Crippen LogP) is 3.47. The Morgan fingerprint density at radius 3 is 2.46 bits per heavy atom. The second-order valence-electron chi connectivity index (χ2n) is 6.55. The molecule has 0 spiro atoms. The lowest BCUT2D eigenvalue weighted by molar-refractivity contribution is -0.000492. The van der Waals surface area contributed by atoms with Crippen molar-refractivity contribution in [3.63, 3.8) is 0 Å². The fourth-order valence-electron chi connectivity index (χ4n) is 3.39. The van der Waals surface area contributed by atoms with Crippen molar-refractivity contribution in [1.82, 2.24) is 4.31 Å². The zero-order valence-electron chi connectivity index (χ0n) is 14.4. The van der Waals surface area contributed by atoms with Crippen molar-refractivity contribution < 1.29 is 13.2 Å². The zero-order valence-corrected chi connectivity index (χ0v) is 15.2. The Morgan fingerprint density at radius 2 is 1.65 bits per heavy atom. The van der Waals surface area contributed by atoms with Crippen LogP contribution < -0.4 is 0 Å². The standard InChI is InChI=1S/C21H21NO3S/c23-26(24,21-11-10-18-8-4-5-9-19(18)15-21)22-12-13-25-20(16-22)14-17-6-2-1-3-7-17/h1-11,15,20H,12-14,16H2. The molecule has 0 bridgehead atoms. The van der Waals surface area contributed by atoms with Crippen molar-refractivity contribution in [2.24, 2.45) is 0 Å². The lowest BCUT2D eigenvalue weighted by atomic mass is 10.1. The summed E-state index contributed by atoms with van der Waals surface area (Å²) in [6.07, 6.45) is 0.589. The van der Waals surface area contributed by atoms with Crippen LogP contribution in [0.5, 0.6) is 0 Å². The molecule has 3 aromatic rings. The molecular weight excluding hydrogens is 346 g/mol. The van der Waals surface area contributed by atoms with E-state index >= 15 is 0 Å². The van der Waals surface area contributed by atoms with Crippen LogP contribution in [-0.2, 0) is 21.2 Å². The van der Waals surface area contributed by atoms with Crippen LogP contribution in [0.2, 0.25) is 0 Å². The predicted molar refractivity (Wildman–Crippen MR) is 103 cm³/mol. The van der Waals surface area contributed by atoms with Gasteiger partial charge in [-0.1, -0.05) is 60.7 Å². The molecule has 0 aromatic heterocycles. The molecule has 0 N–H and O–H groups in total. The normalized spacial score (nSPS) is 18.8. The van der Waals surface area contributed by atoms with Gasteiger partial charge >= 0.3 is 0 Å². The fraction of sp³-hybridized carbons (Fsp3) is 0.238. The molecule has 4 rings (SSSR count). The molecular formula is C21H21NO3S. The molecule has 0 radical (unpaired) electrons. The molecule has 1 aliphatic heterocycles. The van der Waals surface area contributed by atoms with Gasteiger partial charge in [-0.05, 0) is 34.9 Å². The van der Waals surface area contributed by atoms with E-state index in [0.717, 1.165) is 16.3 Å². The summed E-state index contributed by atoms with van der Waals surface area (Å²) in [5.74, 6) is 0. The van der Waals surface area contributed by atoms with Crippen molar-refractivity contribution in [2.45, 2.75) is 17.4 Å². The maximum atomic E-state index is 13.1. The van der Waals surface area contributed by atoms with Gasteiger partial charge < -0.3 is 4.74 Å². The molecule has 0 amide bonds. The van der Waals surface area contributed by atoms with Crippen LogP contribution in [0.15, 0.2) is 77.7 Å². The number of hydrogen-bond donors (Lipinski definition) is 0. The number of nitrogens with zero attached hydrogens (tertiary/aromatic N) is 1. The SMILES string of the molecule is O=S(=O)(c1ccc2ccccc2c1)N1CCOC(Cc2ccccc2)C1. The third-order valence-electron chi connectivity index (χ3n) is 4.77. The summed E-state index contributed by atoms with van der Waals surface area (Å²) in [6, 6.07) is 23.1. The van der Waals surface area contributed by atoms with Gasteiger partial charge in [-0.25, -0.2) is 8.42 Å². The van der Waals surface area contributed by atoms with Crippen molar-refractivity contribution in [2.75, 3.05) is 19.7 Å². The Labute approximate surface area is 154 Å². The van der Waals surface area contributed by atoms with Crippen LogP contribution in [0.4, 0.5) is 0 Å². The molecule has 1 saturated heterocycles. The number of fused-ring (bicyclic) bond motifs is 1. The van der Waals surface area contributed by atoms with Crippen molar-refractivity contribution >= 4 is 20.8 Å². The Hall–Kier alpha value is -2.21. The second-order valence-corrected chi connectivity index (χ2v) is 8.49. The van der Waals surface area contributed by atoms with E-state index in [-0.39, 0.29) is 6.10 Å². The minimum atomic E-state index is -3.53. The van der Waals surface area contributed by atoms with Crippen LogP contribution in [0, 0.1) is 0 Å². The Morgan fingerprint density at radius 1 is 0.923 bits per heavy atom. The Balaban J connectivity index is 1.56. The highest BCUT2D eigenvalue weighted by molar-refractivity contribution is 7.89. The van der Waals surface area contributed by atoms with Crippen LogP contribution in [0.25, 0.3) is 10.8 Å². The smallest absolute Gasteiger partial charge is 0.243 e. The summed E-state index contributed by atoms with van der Waals surface area (Å²) in [5, 5.41) is 1.97. The average molecular weight is 367 g/mol. The number of rotatable bonds is 4. The van der Waals surface area contributed by atoms with Gasteiger partial charge in [0, 0.05) is 13.1 Å². The summed E-state index contributed by atoms with van der Waals surface area (Å²) in [7, 11) is -3.53. The molecule has 1 aliphatic rings. The molecule has 1 heterocycles. The molecule has 1 atom stereocenters. The number of ether oxygens (including phenoxy) is 1. The molecule has 0 aliphatic carbocycles. The van der Waals surface area contributed by atoms with Gasteiger partial charge in [0.05, 0.1) is 17.6 Å². The van der Waals surface area contributed by atoms with E-state index in [4.69, 9.17) is 4.74 Å². The van der Waals surface area contributed by atoms with E-state index < -0.39 is 10.0 Å². The van der Waals surface area contributed by atoms with Crippen molar-refractivity contribution in [3.05, 3.63) is 78.4 Å². The first kappa shape index (κ1) is 17.2. The highest BCUT2D eigenvalue weighted by atomic mass is 32.2. The highest BCUT2D eigenvalue weighted by Crippen LogP contribution is 2.24. The lowest BCUT2D eigenvalue weighted by Gasteiger charge is -2.32. The highest BCUT2D eigenvalue weighted by Gasteiger charge is 2.30. The van der Waals surface area contributed by atoms with E-state index in [1.54, 1.807) is 16.4 Å². The van der Waals surface area contributed by atoms with E-state index in [9.17, 15) is 8.42 Å². The van der Waals surface area contributed by atoms with Gasteiger partial charge in [0.25, 0.3) is 0 Å². The first-order valence-corrected chi connectivity index (χ1v) is 10.2. The minimum absolute atomic E-state index is 0.124. The monoisotopic (exact) mass is 367 g/mol. The van der Waals surface area contributed by atoms with Gasteiger partial charge in [0.15, 0.2) is 0 Å². The van der Waals surface area contributed by atoms with E-state index in [2.05, 4.69) is 0 Å². The first-order chi connectivity index (χ1) is 12.6. The molecule has 26 heavy (non-hydrogen) atoms. The first-order valence-electron chi connectivity index (χ1n) is 8.77. The van der Waals surface area contributed by atoms with E-state index in [1.165, 1.54) is 0 Å². The van der Waals surface area contributed by atoms with Gasteiger partial charge in [0.1, 0.15) is 0 Å². The molecule has 3 aromatic carbocycles. The number of benzene rings is 3. The summed E-state index contributed by atoms with van der Waals surface area (Å²) in [4.78, 5) is 0.344. The van der Waals surface area contributed by atoms with Gasteiger partial charge in [0.2, 0.25) is 10.0 Å². The van der Waals surface area contributed by atoms with E-state index in [1.807, 2.05) is 60.7 Å². The summed E-state index contributed by atoms with van der Waals surface area (Å²) in [6.45, 7) is 1.19. The zero-order chi connectivity index (χ0) is 18.0. The third-order valence-corrected chi connectivity index (χ3v) is 6.63. The molecule has 1 fully saturated rings. The third kappa shape index (κ3) is 3.51. The van der Waals surface area contributed by atoms with Crippen molar-refractivity contribution in [3.8, 4) is 0 Å². The number of morpholine rings is 1. The van der Waals surface area contributed by atoms with Crippen LogP contribution in [0.1, 0.15) is 5.56 Å². The summed E-state index contributed by atoms with van der Waals surface area (Å²) in [5.41, 5.74) is 1.16. The summed E-state index contributed by atoms with van der Waals surface area (Å²) < 4.78 is 33.6. The summed E-state index contributed by atoms with van der Waals surface area (Å²) >= 11 is 0. The Kier molecular flexibility index (Phi) is 4.76. The average Bonchev–Trinajstić information content (AvgIpc) is 2.68. The topological polar surface area (TPSA) is 46.6 Å². The van der Waals surface area contributed by atoms with Gasteiger partial charge in [-0.15, -0.1) is 0 Å². The van der Waals surface area contributed by atoms with Crippen LogP contribution in [-0.4, -0.2) is 38.5 Å². The number of hydrogen-bond acceptors (Lipinski definition) is 3. The molecule has 1 unspecified atom stereocenters. The van der Waals surface area contributed by atoms with Gasteiger partial charge in [-0.2, -0.15) is 4.31 Å². The molecule has 134 valence electrons. The fourth-order valence-corrected chi connectivity index (χ4v) is 4.88. The van der Waals surface area contributed by atoms with E-state index in [0.29, 0.717) is 31.0 Å². The second kappa shape index (κ2) is 7.19. The van der Waals surface area contributed by atoms with Gasteiger partial charge in [-0.3, -0.25) is 0 Å². The van der Waals surface area contributed by atoms with Crippen LogP contribution >= 0.6 is 0 Å². The minimum Gasteiger partial charge on any atom is -0.375 e. The molecule has 4 nitrogen and oxygen atoms in total. The maximum absolute atomic E-state index is 13.1. The Bertz CT molecular complexity index is 1000. The van der Waals surface area contributed by atoms with Crippen LogP contribution in [0.3, 0.4) is 0 Å². The molecule has 0 saturated carbocycles. The quantitative estimate of drug-likeness (QED) is 0.709. The van der Waals surface area contributed by atoms with Crippen molar-refractivity contribution in [1.29, 1.82) is 0 Å². The number of sulfonamides is 1. The largest absolute Gasteiger partial charge is 0.375 e. The maximum Gasteiger partial charge on any atom is 0.243 e.